The molecule has 0 bridgehead atoms. The molecule has 1 heterocycles. The van der Waals surface area contributed by atoms with Crippen LogP contribution in [0.4, 0.5) is 0 Å². The lowest BCUT2D eigenvalue weighted by molar-refractivity contribution is -0.277. The standard InChI is InChI=1S/C26H34O11/c1-34-18-8-15(7-17(30)11-18)6-16(12-28)19-9-14(4-3-5-27)10-20(35-2)25(19)37-26-24(33)23(32)22(31)21(13-29)36-26/h3-4,7-11,16,21-24,26-33H,5-6,12-13H2,1-2H3. The van der Waals surface area contributed by atoms with Crippen LogP contribution in [-0.2, 0) is 11.2 Å². The maximum Gasteiger partial charge on any atom is 0.229 e. The van der Waals surface area contributed by atoms with Gasteiger partial charge in [0, 0.05) is 17.5 Å². The number of phenolic OH excluding ortho intramolecular Hbond substituents is 1. The third-order valence-electron chi connectivity index (χ3n) is 6.15. The lowest BCUT2D eigenvalue weighted by Gasteiger charge is -2.40. The molecule has 6 atom stereocenters. The number of aromatic hydroxyl groups is 1. The minimum absolute atomic E-state index is 0.0129. The largest absolute Gasteiger partial charge is 0.508 e. The zero-order valence-electron chi connectivity index (χ0n) is 20.6. The van der Waals surface area contributed by atoms with Gasteiger partial charge in [-0.1, -0.05) is 12.2 Å². The van der Waals surface area contributed by atoms with Crippen LogP contribution >= 0.6 is 0 Å². The van der Waals surface area contributed by atoms with Crippen LogP contribution in [0, 0.1) is 0 Å². The molecule has 3 rings (SSSR count). The van der Waals surface area contributed by atoms with E-state index in [-0.39, 0.29) is 36.9 Å². The van der Waals surface area contributed by atoms with E-state index in [4.69, 9.17) is 18.9 Å². The smallest absolute Gasteiger partial charge is 0.229 e. The highest BCUT2D eigenvalue weighted by molar-refractivity contribution is 5.60. The van der Waals surface area contributed by atoms with Crippen molar-refractivity contribution >= 4 is 6.08 Å². The molecule has 11 heteroatoms. The number of benzene rings is 2. The molecule has 0 aliphatic carbocycles. The Labute approximate surface area is 214 Å². The van der Waals surface area contributed by atoms with Crippen LogP contribution in [0.1, 0.15) is 22.6 Å². The van der Waals surface area contributed by atoms with Gasteiger partial charge in [-0.3, -0.25) is 0 Å². The highest BCUT2D eigenvalue weighted by Gasteiger charge is 2.45. The van der Waals surface area contributed by atoms with Crippen molar-refractivity contribution in [1.29, 1.82) is 0 Å². The number of methoxy groups -OCH3 is 2. The van der Waals surface area contributed by atoms with E-state index in [1.807, 2.05) is 0 Å². The SMILES string of the molecule is COc1cc(O)cc(CC(CO)c2cc(C=CCO)cc(OC)c2OC2OC(CO)C(O)C(O)C2O)c1. The number of aliphatic hydroxyl groups excluding tert-OH is 6. The molecule has 0 spiro atoms. The second kappa shape index (κ2) is 13.1. The summed E-state index contributed by atoms with van der Waals surface area (Å²) in [5, 5.41) is 70.0. The molecular formula is C26H34O11. The predicted molar refractivity (Wildman–Crippen MR) is 132 cm³/mol. The zero-order valence-corrected chi connectivity index (χ0v) is 20.6. The summed E-state index contributed by atoms with van der Waals surface area (Å²) in [5.41, 5.74) is 1.72. The first-order valence-electron chi connectivity index (χ1n) is 11.7. The van der Waals surface area contributed by atoms with Crippen molar-refractivity contribution in [2.24, 2.45) is 0 Å². The molecule has 6 unspecified atom stereocenters. The van der Waals surface area contributed by atoms with Crippen molar-refractivity contribution in [2.45, 2.75) is 43.0 Å². The van der Waals surface area contributed by atoms with E-state index in [2.05, 4.69) is 0 Å². The highest BCUT2D eigenvalue weighted by atomic mass is 16.7. The Morgan fingerprint density at radius 2 is 1.70 bits per heavy atom. The Morgan fingerprint density at radius 1 is 0.946 bits per heavy atom. The third kappa shape index (κ3) is 6.70. The first-order valence-corrected chi connectivity index (χ1v) is 11.7. The van der Waals surface area contributed by atoms with Gasteiger partial charge in [0.2, 0.25) is 6.29 Å². The fourth-order valence-electron chi connectivity index (χ4n) is 4.23. The number of rotatable bonds is 11. The molecule has 0 saturated carbocycles. The second-order valence-corrected chi connectivity index (χ2v) is 8.66. The van der Waals surface area contributed by atoms with Gasteiger partial charge in [-0.25, -0.2) is 0 Å². The van der Waals surface area contributed by atoms with Crippen molar-refractivity contribution in [3.05, 3.63) is 53.1 Å². The van der Waals surface area contributed by atoms with Crippen molar-refractivity contribution < 1.29 is 54.7 Å². The summed E-state index contributed by atoms with van der Waals surface area (Å²) in [4.78, 5) is 0. The molecule has 1 saturated heterocycles. The lowest BCUT2D eigenvalue weighted by atomic mass is 9.90. The summed E-state index contributed by atoms with van der Waals surface area (Å²) >= 11 is 0. The fraction of sp³-hybridized carbons (Fsp3) is 0.462. The molecule has 11 nitrogen and oxygen atoms in total. The summed E-state index contributed by atoms with van der Waals surface area (Å²) in [7, 11) is 2.86. The van der Waals surface area contributed by atoms with Crippen LogP contribution in [0.25, 0.3) is 6.08 Å². The van der Waals surface area contributed by atoms with E-state index in [0.29, 0.717) is 22.4 Å². The van der Waals surface area contributed by atoms with Gasteiger partial charge in [0.05, 0.1) is 34.0 Å². The fourth-order valence-corrected chi connectivity index (χ4v) is 4.23. The minimum atomic E-state index is -1.66. The van der Waals surface area contributed by atoms with Gasteiger partial charge in [0.15, 0.2) is 11.5 Å². The quantitative estimate of drug-likeness (QED) is 0.210. The van der Waals surface area contributed by atoms with E-state index in [1.165, 1.54) is 32.4 Å². The number of hydrogen-bond acceptors (Lipinski definition) is 11. The lowest BCUT2D eigenvalue weighted by Crippen LogP contribution is -2.60. The molecule has 1 fully saturated rings. The van der Waals surface area contributed by atoms with Gasteiger partial charge in [0.1, 0.15) is 35.9 Å². The molecule has 0 radical (unpaired) electrons. The molecular weight excluding hydrogens is 488 g/mol. The van der Waals surface area contributed by atoms with E-state index < -0.39 is 43.2 Å². The second-order valence-electron chi connectivity index (χ2n) is 8.66. The number of hydrogen-bond donors (Lipinski definition) is 7. The van der Waals surface area contributed by atoms with Crippen LogP contribution < -0.4 is 14.2 Å². The van der Waals surface area contributed by atoms with Crippen LogP contribution in [-0.4, -0.2) is 100 Å². The summed E-state index contributed by atoms with van der Waals surface area (Å²) in [6.45, 7) is -1.18. The van der Waals surface area contributed by atoms with Gasteiger partial charge in [-0.2, -0.15) is 0 Å². The first kappa shape index (κ1) is 28.7. The normalized spacial score (nSPS) is 24.7. The number of phenols is 1. The number of aliphatic hydroxyl groups is 6. The van der Waals surface area contributed by atoms with Gasteiger partial charge in [0.25, 0.3) is 0 Å². The molecule has 1 aliphatic heterocycles. The Kier molecular flexibility index (Phi) is 10.1. The van der Waals surface area contributed by atoms with Crippen LogP contribution in [0.3, 0.4) is 0 Å². The topological polar surface area (TPSA) is 179 Å². The predicted octanol–water partition coefficient (Wildman–Crippen LogP) is -0.0878. The van der Waals surface area contributed by atoms with Gasteiger partial charge < -0.3 is 54.7 Å². The zero-order chi connectivity index (χ0) is 27.1. The van der Waals surface area contributed by atoms with Crippen molar-refractivity contribution in [3.63, 3.8) is 0 Å². The van der Waals surface area contributed by atoms with Crippen molar-refractivity contribution in [3.8, 4) is 23.0 Å². The molecule has 0 aromatic heterocycles. The minimum Gasteiger partial charge on any atom is -0.508 e. The summed E-state index contributed by atoms with van der Waals surface area (Å²) in [5.74, 6) is 0.114. The average molecular weight is 523 g/mol. The van der Waals surface area contributed by atoms with Gasteiger partial charge in [-0.05, 0) is 41.8 Å². The highest BCUT2D eigenvalue weighted by Crippen LogP contribution is 2.41. The van der Waals surface area contributed by atoms with Gasteiger partial charge in [-0.15, -0.1) is 0 Å². The Bertz CT molecular complexity index is 1060. The molecule has 0 amide bonds. The van der Waals surface area contributed by atoms with E-state index in [1.54, 1.807) is 24.3 Å². The number of ether oxygens (including phenoxy) is 4. The van der Waals surface area contributed by atoms with Crippen LogP contribution in [0.2, 0.25) is 0 Å². The van der Waals surface area contributed by atoms with Crippen molar-refractivity contribution in [2.75, 3.05) is 34.0 Å². The Morgan fingerprint density at radius 3 is 2.32 bits per heavy atom. The molecule has 204 valence electrons. The van der Waals surface area contributed by atoms with Crippen LogP contribution in [0.15, 0.2) is 36.4 Å². The molecule has 2 aromatic rings. The van der Waals surface area contributed by atoms with Crippen molar-refractivity contribution in [1.82, 2.24) is 0 Å². The Hall–Kier alpha value is -2.90. The molecule has 37 heavy (non-hydrogen) atoms. The maximum atomic E-state index is 10.5. The summed E-state index contributed by atoms with van der Waals surface area (Å²) in [6, 6.07) is 8.02. The average Bonchev–Trinajstić information content (AvgIpc) is 2.90. The van der Waals surface area contributed by atoms with E-state index in [9.17, 15) is 35.7 Å². The summed E-state index contributed by atoms with van der Waals surface area (Å²) < 4.78 is 22.2. The van der Waals surface area contributed by atoms with Gasteiger partial charge >= 0.3 is 0 Å². The first-order chi connectivity index (χ1) is 17.8. The maximum absolute atomic E-state index is 10.5. The monoisotopic (exact) mass is 522 g/mol. The van der Waals surface area contributed by atoms with E-state index >= 15 is 0 Å². The third-order valence-corrected chi connectivity index (χ3v) is 6.15. The molecule has 1 aliphatic rings. The Balaban J connectivity index is 2.07. The van der Waals surface area contributed by atoms with Crippen LogP contribution in [0.5, 0.6) is 23.0 Å². The molecule has 7 N–H and O–H groups in total. The summed E-state index contributed by atoms with van der Waals surface area (Å²) in [6.07, 6.45) is -4.13. The molecule has 2 aromatic carbocycles. The van der Waals surface area contributed by atoms with E-state index in [0.717, 1.165) is 0 Å².